The van der Waals surface area contributed by atoms with Gasteiger partial charge in [-0.25, -0.2) is 0 Å². The number of esters is 6. The zero-order valence-corrected chi connectivity index (χ0v) is 78.5. The highest BCUT2D eigenvalue weighted by atomic mass is 16.7. The summed E-state index contributed by atoms with van der Waals surface area (Å²) >= 11 is 0. The molecule has 0 aromatic rings. The van der Waals surface area contributed by atoms with E-state index in [1.54, 1.807) is 0 Å². The van der Waals surface area contributed by atoms with Crippen LogP contribution in [0.25, 0.3) is 0 Å². The van der Waals surface area contributed by atoms with Crippen molar-refractivity contribution in [1.29, 1.82) is 0 Å². The summed E-state index contributed by atoms with van der Waals surface area (Å²) in [5.41, 5.74) is -1.22. The minimum atomic E-state index is -0.415. The van der Waals surface area contributed by atoms with Gasteiger partial charge in [0.1, 0.15) is 0 Å². The zero-order chi connectivity index (χ0) is 86.1. The molecule has 0 aliphatic heterocycles. The van der Waals surface area contributed by atoms with E-state index in [2.05, 4.69) is 0 Å². The first-order valence-corrected chi connectivity index (χ1v) is 50.2. The molecule has 28 unspecified atom stereocenters. The Morgan fingerprint density at radius 2 is 0.575 bits per heavy atom. The van der Waals surface area contributed by atoms with Crippen molar-refractivity contribution in [3.63, 3.8) is 0 Å². The van der Waals surface area contributed by atoms with Crippen LogP contribution in [-0.4, -0.2) is 111 Å². The first kappa shape index (κ1) is 94.2. The second-order valence-electron chi connectivity index (χ2n) is 45.1. The Morgan fingerprint density at radius 3 is 0.917 bits per heavy atom. The predicted molar refractivity (Wildman–Crippen MR) is 462 cm³/mol. The predicted octanol–water partition coefficient (Wildman–Crippen LogP) is 22.6. The van der Waals surface area contributed by atoms with Gasteiger partial charge >= 0.3 is 35.8 Å². The summed E-state index contributed by atoms with van der Waals surface area (Å²) in [6.07, 6.45) is 42.7. The van der Waals surface area contributed by atoms with Crippen molar-refractivity contribution in [1.82, 2.24) is 0 Å². The monoisotopic (exact) mass is 1680 g/mol. The highest BCUT2D eigenvalue weighted by Gasteiger charge is 2.65. The molecule has 20 rings (SSSR count). The van der Waals surface area contributed by atoms with E-state index in [0.29, 0.717) is 60.3 Å². The Labute approximate surface area is 725 Å². The Hall–Kier alpha value is -3.42. The quantitative estimate of drug-likeness (QED) is 0.0283. The van der Waals surface area contributed by atoms with Crippen molar-refractivity contribution >= 4 is 35.8 Å². The SMILES string of the molecule is CCC(C)(C)C(=O)OC(C)OC1C2CC3CC(C2)CC1C3.CCC(C)(C)C(=O)OC(C)OC1CC2CCC1C2.CCC(C)(C)C(=O)OCOC1CC2CC1C1C3CCC(C3)C21.CCC(C)C(=O)OC(C)OC1C2CC3CC(C2)CC1C3.CCC(C)C(=O)OC(C)OC1CC2CC1C1C3CCC(C3)C21.CCC(C)C(=O)OC(C)OC1CC2CCC1C2. The summed E-state index contributed by atoms with van der Waals surface area (Å²) in [5.74, 6) is 20.2. The number of carbonyl (C=O) groups excluding carboxylic acids is 6. The van der Waals surface area contributed by atoms with Gasteiger partial charge in [0.25, 0.3) is 0 Å². The van der Waals surface area contributed by atoms with E-state index >= 15 is 0 Å². The summed E-state index contributed by atoms with van der Waals surface area (Å²) in [7, 11) is 0. The van der Waals surface area contributed by atoms with E-state index in [4.69, 9.17) is 56.8 Å². The molecule has 20 saturated carbocycles. The minimum Gasteiger partial charge on any atom is -0.438 e. The van der Waals surface area contributed by atoms with E-state index in [-0.39, 0.29) is 79.2 Å². The molecule has 28 atom stereocenters. The maximum Gasteiger partial charge on any atom is 0.313 e. The Bertz CT molecular complexity index is 3310. The number of rotatable bonds is 30. The van der Waals surface area contributed by atoms with E-state index in [1.807, 2.05) is 138 Å². The third-order valence-corrected chi connectivity index (χ3v) is 36.0. The number of hydrogen-bond donors (Lipinski definition) is 0. The zero-order valence-electron chi connectivity index (χ0n) is 78.5. The van der Waals surface area contributed by atoms with Gasteiger partial charge in [-0.3, -0.25) is 28.8 Å². The molecule has 0 saturated heterocycles. The molecule has 20 fully saturated rings. The lowest BCUT2D eigenvalue weighted by molar-refractivity contribution is -0.224. The fourth-order valence-electron chi connectivity index (χ4n) is 28.3. The van der Waals surface area contributed by atoms with E-state index in [1.165, 1.54) is 167 Å². The molecular formula is C102H168O18. The molecule has 0 N–H and O–H groups in total. The smallest absolute Gasteiger partial charge is 0.313 e. The van der Waals surface area contributed by atoms with E-state index < -0.39 is 28.8 Å². The molecule has 20 bridgehead atoms. The second kappa shape index (κ2) is 40.5. The maximum atomic E-state index is 12.2. The maximum absolute atomic E-state index is 12.2. The summed E-state index contributed by atoms with van der Waals surface area (Å²) in [5, 5.41) is 0. The lowest BCUT2D eigenvalue weighted by Crippen LogP contribution is -2.50. The molecule has 20 aliphatic carbocycles. The topological polar surface area (TPSA) is 213 Å². The van der Waals surface area contributed by atoms with Crippen LogP contribution in [0, 0.1) is 176 Å². The lowest BCUT2D eigenvalue weighted by Gasteiger charge is -2.54. The standard InChI is InChI=1S/2C19H30O3.C18H30O3.C17H28O3.C15H26O3.C14H24O3/c1-4-19(2,3)18(20)22-10-21-15-9-13-8-14(15)17-12-6-5-11(7-12)16(13)17;1-4-10(2)19(20)22-11(3)21-16-9-14-8-15(16)18-13-6-5-12(7-13)17(14)18;1-5-18(3,4)17(19)21-11(2)20-16-14-7-12-6-13(9-14)10-15(16)8-12;1-4-10(2)17(18)20-11(3)19-16-14-6-12-5-13(8-14)9-15(16)7-12;1-5-15(3,4)14(16)18-10(2)17-13-9-11-6-7-12(13)8-11;1-4-9(2)14(15)17-10(3)16-13-8-11-5-6-12(13)7-11/h11-17H,4-10H2,1-3H3;10-18H,4-9H2,1-3H3;11-16H,5-10H2,1-4H3;10-16H,4-9H2,1-3H3;10-13H,5-9H2,1-4H3;9-13H,4-8H2,1-3H3. The Morgan fingerprint density at radius 1 is 0.275 bits per heavy atom. The van der Waals surface area contributed by atoms with Crippen LogP contribution in [0.4, 0.5) is 0 Å². The van der Waals surface area contributed by atoms with E-state index in [0.717, 1.165) is 170 Å². The summed E-state index contributed by atoms with van der Waals surface area (Å²) in [6, 6.07) is 0. The molecule has 684 valence electrons. The van der Waals surface area contributed by atoms with Gasteiger partial charge in [-0.05, 0) is 436 Å². The summed E-state index contributed by atoms with van der Waals surface area (Å²) in [4.78, 5) is 71.5. The van der Waals surface area contributed by atoms with Crippen LogP contribution in [0.1, 0.15) is 357 Å². The molecule has 20 aliphatic rings. The van der Waals surface area contributed by atoms with Crippen molar-refractivity contribution < 1.29 is 85.6 Å². The third kappa shape index (κ3) is 21.9. The molecule has 0 spiro atoms. The van der Waals surface area contributed by atoms with Crippen LogP contribution in [0.2, 0.25) is 0 Å². The molecule has 18 nitrogen and oxygen atoms in total. The van der Waals surface area contributed by atoms with Gasteiger partial charge in [0.2, 0.25) is 0 Å². The molecule has 0 radical (unpaired) electrons. The van der Waals surface area contributed by atoms with Gasteiger partial charge in [0.15, 0.2) is 38.2 Å². The highest BCUT2D eigenvalue weighted by Crippen LogP contribution is 2.70. The van der Waals surface area contributed by atoms with Crippen molar-refractivity contribution in [2.75, 3.05) is 6.79 Å². The summed E-state index contributed by atoms with van der Waals surface area (Å²) < 4.78 is 68.9. The summed E-state index contributed by atoms with van der Waals surface area (Å²) in [6.45, 7) is 38.9. The minimum absolute atomic E-state index is 0.0268. The van der Waals surface area contributed by atoms with Gasteiger partial charge in [-0.2, -0.15) is 0 Å². The second-order valence-corrected chi connectivity index (χ2v) is 45.1. The average Bonchev–Trinajstić information content (AvgIpc) is 1.56. The Balaban J connectivity index is 0.000000125. The first-order chi connectivity index (χ1) is 57.1. The van der Waals surface area contributed by atoms with Crippen LogP contribution in [0.15, 0.2) is 0 Å². The number of carbonyl (C=O) groups is 6. The van der Waals surface area contributed by atoms with Crippen LogP contribution in [0.3, 0.4) is 0 Å². The fraction of sp³-hybridized carbons (Fsp3) is 0.941. The van der Waals surface area contributed by atoms with Crippen molar-refractivity contribution in [2.45, 2.75) is 425 Å². The third-order valence-electron chi connectivity index (χ3n) is 36.0. The Kier molecular flexibility index (Phi) is 31.8. The van der Waals surface area contributed by atoms with E-state index in [9.17, 15) is 28.8 Å². The largest absolute Gasteiger partial charge is 0.438 e. The van der Waals surface area contributed by atoms with Gasteiger partial charge in [-0.15, -0.1) is 0 Å². The molecule has 0 aromatic heterocycles. The van der Waals surface area contributed by atoms with Gasteiger partial charge < -0.3 is 56.8 Å². The molecule has 18 heteroatoms. The molecule has 0 heterocycles. The highest BCUT2D eigenvalue weighted by molar-refractivity contribution is 5.77. The fourth-order valence-corrected chi connectivity index (χ4v) is 28.3. The lowest BCUT2D eigenvalue weighted by atomic mass is 9.55. The van der Waals surface area contributed by atoms with Crippen molar-refractivity contribution in [3.8, 4) is 0 Å². The number of ether oxygens (including phenoxy) is 12. The molecular weight excluding hydrogens is 1510 g/mol. The van der Waals surface area contributed by atoms with Crippen LogP contribution in [-0.2, 0) is 85.6 Å². The van der Waals surface area contributed by atoms with Crippen molar-refractivity contribution in [2.24, 2.45) is 176 Å². The van der Waals surface area contributed by atoms with Crippen molar-refractivity contribution in [3.05, 3.63) is 0 Å². The number of hydrogen-bond acceptors (Lipinski definition) is 18. The number of fused-ring (bicyclic) bond motifs is 22. The van der Waals surface area contributed by atoms with Crippen LogP contribution >= 0.6 is 0 Å². The first-order valence-electron chi connectivity index (χ1n) is 50.2. The van der Waals surface area contributed by atoms with Crippen LogP contribution < -0.4 is 0 Å². The average molecular weight is 1680 g/mol. The normalized spacial score (nSPS) is 40.6. The molecule has 0 amide bonds. The van der Waals surface area contributed by atoms with Gasteiger partial charge in [-0.1, -0.05) is 62.3 Å². The van der Waals surface area contributed by atoms with Gasteiger partial charge in [0.05, 0.1) is 70.6 Å². The van der Waals surface area contributed by atoms with Gasteiger partial charge in [0, 0.05) is 0 Å². The van der Waals surface area contributed by atoms with Crippen LogP contribution in [0.5, 0.6) is 0 Å². The molecule has 120 heavy (non-hydrogen) atoms. The molecule has 0 aromatic carbocycles.